The summed E-state index contributed by atoms with van der Waals surface area (Å²) in [6.45, 7) is 6.23. The molecule has 0 spiro atoms. The maximum Gasteiger partial charge on any atom is 0.335 e. The second kappa shape index (κ2) is 11.5. The zero-order valence-corrected chi connectivity index (χ0v) is 7.70. The molecule has 0 N–H and O–H groups in total. The average molecular weight is 181 g/mol. The smallest absolute Gasteiger partial charge is 0.335 e. The van der Waals surface area contributed by atoms with Crippen LogP contribution in [0.2, 0.25) is 0 Å². The molecule has 0 heterocycles. The highest BCUT2D eigenvalue weighted by atomic mass is 32.1. The molecule has 0 aliphatic heterocycles. The zero-order chi connectivity index (χ0) is 8.41. The molecular formula is C5H11NO2S2. The molecule has 0 saturated heterocycles. The molecule has 60 valence electrons. The van der Waals surface area contributed by atoms with Gasteiger partial charge >= 0.3 is 11.6 Å². The topological polar surface area (TPSA) is 37.4 Å². The van der Waals surface area contributed by atoms with E-state index in [2.05, 4.69) is 31.0 Å². The van der Waals surface area contributed by atoms with Gasteiger partial charge in [0.25, 0.3) is 0 Å². The summed E-state index contributed by atoms with van der Waals surface area (Å²) < 4.78 is 16.6. The Bertz CT molecular complexity index is 108. The Hall–Kier alpha value is -0.290. The lowest BCUT2D eigenvalue weighted by molar-refractivity contribution is 0.486. The van der Waals surface area contributed by atoms with E-state index >= 15 is 0 Å². The molecule has 0 atom stereocenters. The molecule has 5 heteroatoms. The van der Waals surface area contributed by atoms with Gasteiger partial charge in [-0.25, -0.2) is 0 Å². The molecule has 0 aromatic heterocycles. The monoisotopic (exact) mass is 181 g/mol. The van der Waals surface area contributed by atoms with Crippen LogP contribution >= 0.6 is 12.2 Å². The van der Waals surface area contributed by atoms with Crippen molar-refractivity contribution in [3.8, 4) is 0 Å². The first kappa shape index (κ1) is 12.4. The lowest BCUT2D eigenvalue weighted by Gasteiger charge is -2.11. The van der Waals surface area contributed by atoms with E-state index in [4.69, 9.17) is 8.42 Å². The van der Waals surface area contributed by atoms with Crippen LogP contribution in [0.3, 0.4) is 0 Å². The molecule has 0 aliphatic rings. The first-order valence-corrected chi connectivity index (χ1v) is 4.01. The van der Waals surface area contributed by atoms with E-state index in [9.17, 15) is 0 Å². The molecule has 0 unspecified atom stereocenters. The fourth-order valence-electron chi connectivity index (χ4n) is 0.373. The van der Waals surface area contributed by atoms with Gasteiger partial charge in [-0.1, -0.05) is 12.2 Å². The minimum Gasteiger partial charge on any atom is -0.369 e. The van der Waals surface area contributed by atoms with Gasteiger partial charge in [0, 0.05) is 13.1 Å². The Morgan fingerprint density at radius 1 is 1.40 bits per heavy atom. The molecule has 3 nitrogen and oxygen atoms in total. The molecule has 0 bridgehead atoms. The van der Waals surface area contributed by atoms with Gasteiger partial charge in [-0.2, -0.15) is 8.42 Å². The van der Waals surface area contributed by atoms with Gasteiger partial charge in [-0.05, 0) is 13.8 Å². The summed E-state index contributed by atoms with van der Waals surface area (Å²) in [5, 5.41) is 0. The molecule has 0 fully saturated rings. The highest BCUT2D eigenvalue weighted by molar-refractivity contribution is 7.78. The lowest BCUT2D eigenvalue weighted by atomic mass is 10.6. The van der Waals surface area contributed by atoms with Crippen LogP contribution < -0.4 is 0 Å². The van der Waals surface area contributed by atoms with Crippen LogP contribution in [-0.2, 0) is 11.6 Å². The lowest BCUT2D eigenvalue weighted by Crippen LogP contribution is -2.18. The van der Waals surface area contributed by atoms with E-state index in [1.165, 1.54) is 0 Å². The highest BCUT2D eigenvalue weighted by Crippen LogP contribution is 1.78. The van der Waals surface area contributed by atoms with Crippen LogP contribution in [0.15, 0.2) is 0 Å². The summed E-state index contributed by atoms with van der Waals surface area (Å²) in [4.78, 5) is 2.06. The molecule has 0 radical (unpaired) electrons. The van der Waals surface area contributed by atoms with Crippen molar-refractivity contribution in [1.82, 2.24) is 4.90 Å². The van der Waals surface area contributed by atoms with Crippen molar-refractivity contribution in [2.45, 2.75) is 13.8 Å². The van der Waals surface area contributed by atoms with Gasteiger partial charge < -0.3 is 4.90 Å². The number of hydrogen-bond donors (Lipinski definition) is 0. The van der Waals surface area contributed by atoms with Crippen LogP contribution in [0, 0.1) is 0 Å². The fraction of sp³-hybridized carbons (Fsp3) is 0.800. The second-order valence-corrected chi connectivity index (χ2v) is 1.74. The van der Waals surface area contributed by atoms with Crippen LogP contribution in [0.1, 0.15) is 13.8 Å². The van der Waals surface area contributed by atoms with Gasteiger partial charge in [0.05, 0.1) is 5.49 Å². The molecule has 0 aliphatic carbocycles. The zero-order valence-electron chi connectivity index (χ0n) is 6.07. The first-order valence-electron chi connectivity index (χ1n) is 2.87. The van der Waals surface area contributed by atoms with E-state index in [0.29, 0.717) is 0 Å². The largest absolute Gasteiger partial charge is 0.369 e. The summed E-state index contributed by atoms with van der Waals surface area (Å²) in [7, 11) is 0. The molecule has 0 aromatic carbocycles. The van der Waals surface area contributed by atoms with Crippen molar-refractivity contribution in [3.63, 3.8) is 0 Å². The molecule has 0 rings (SSSR count). The fourth-order valence-corrected chi connectivity index (χ4v) is 0.671. The van der Waals surface area contributed by atoms with Gasteiger partial charge in [-0.3, -0.25) is 0 Å². The Morgan fingerprint density at radius 2 is 1.70 bits per heavy atom. The van der Waals surface area contributed by atoms with Crippen molar-refractivity contribution in [3.05, 3.63) is 0 Å². The minimum absolute atomic E-state index is 0.750. The van der Waals surface area contributed by atoms with Crippen molar-refractivity contribution in [2.75, 3.05) is 13.1 Å². The van der Waals surface area contributed by atoms with Crippen molar-refractivity contribution in [2.24, 2.45) is 0 Å². The Morgan fingerprint density at radius 3 is 1.70 bits per heavy atom. The van der Waals surface area contributed by atoms with Gasteiger partial charge in [0.1, 0.15) is 0 Å². The van der Waals surface area contributed by atoms with Crippen molar-refractivity contribution >= 4 is 29.3 Å². The maximum absolute atomic E-state index is 8.29. The van der Waals surface area contributed by atoms with Crippen LogP contribution in [0.25, 0.3) is 0 Å². The van der Waals surface area contributed by atoms with Crippen molar-refractivity contribution in [1.29, 1.82) is 0 Å². The third-order valence-electron chi connectivity index (χ3n) is 0.961. The summed E-state index contributed by atoms with van der Waals surface area (Å²) in [5.41, 5.74) is 1.69. The number of rotatable bonds is 3. The van der Waals surface area contributed by atoms with Crippen LogP contribution in [-0.4, -0.2) is 31.9 Å². The van der Waals surface area contributed by atoms with E-state index in [-0.39, 0.29) is 0 Å². The molecule has 10 heavy (non-hydrogen) atoms. The van der Waals surface area contributed by atoms with Gasteiger partial charge in [-0.15, -0.1) is 0 Å². The molecule has 0 saturated carbocycles. The maximum atomic E-state index is 8.29. The van der Waals surface area contributed by atoms with E-state index in [1.54, 1.807) is 5.49 Å². The predicted octanol–water partition coefficient (Wildman–Crippen LogP) is 0.615. The second-order valence-electron chi connectivity index (χ2n) is 1.39. The Balaban J connectivity index is 0. The molecule has 0 aromatic rings. The first-order chi connectivity index (χ1) is 4.76. The van der Waals surface area contributed by atoms with Gasteiger partial charge in [0.15, 0.2) is 0 Å². The third kappa shape index (κ3) is 10.6. The van der Waals surface area contributed by atoms with E-state index in [1.807, 2.05) is 0 Å². The minimum atomic E-state index is -0.750. The highest BCUT2D eigenvalue weighted by Gasteiger charge is 1.84. The quantitative estimate of drug-likeness (QED) is 0.598. The van der Waals surface area contributed by atoms with Crippen LogP contribution in [0.4, 0.5) is 0 Å². The van der Waals surface area contributed by atoms with Gasteiger partial charge in [0.2, 0.25) is 0 Å². The summed E-state index contributed by atoms with van der Waals surface area (Å²) >= 11 is 3.92. The van der Waals surface area contributed by atoms with Crippen LogP contribution in [0.5, 0.6) is 0 Å². The Kier molecular flexibility index (Phi) is 14.3. The average Bonchev–Trinajstić information content (AvgIpc) is 1.93. The molecular weight excluding hydrogens is 170 g/mol. The van der Waals surface area contributed by atoms with Crippen molar-refractivity contribution < 1.29 is 8.42 Å². The normalized spacial score (nSPS) is 7.00. The summed E-state index contributed by atoms with van der Waals surface area (Å²) in [6, 6.07) is 0. The number of hydrogen-bond acceptors (Lipinski definition) is 3. The summed E-state index contributed by atoms with van der Waals surface area (Å²) in [6.07, 6.45) is 0. The number of thiocarbonyl (C=S) groups is 1. The summed E-state index contributed by atoms with van der Waals surface area (Å²) in [5.74, 6) is 0. The van der Waals surface area contributed by atoms with E-state index < -0.39 is 11.6 Å². The SMILES string of the molecule is CCN(C=S)CC.O=S=O. The predicted molar refractivity (Wildman–Crippen MR) is 45.5 cm³/mol. The standard InChI is InChI=1S/C5H11NS.O2S/c1-3-6(4-2)5-7;1-3-2/h5H,3-4H2,1-2H3;. The number of nitrogens with zero attached hydrogens (tertiary/aromatic N) is 1. The molecule has 0 amide bonds. The Labute approximate surface area is 70.0 Å². The van der Waals surface area contributed by atoms with E-state index in [0.717, 1.165) is 13.1 Å². The third-order valence-corrected chi connectivity index (χ3v) is 1.26.